The van der Waals surface area contributed by atoms with E-state index < -0.39 is 0 Å². The molecule has 0 radical (unpaired) electrons. The van der Waals surface area contributed by atoms with Gasteiger partial charge in [-0.3, -0.25) is 14.3 Å². The summed E-state index contributed by atoms with van der Waals surface area (Å²) in [7, 11) is 1.74. The van der Waals surface area contributed by atoms with Gasteiger partial charge in [-0.1, -0.05) is 23.8 Å². The van der Waals surface area contributed by atoms with E-state index in [2.05, 4.69) is 5.10 Å². The van der Waals surface area contributed by atoms with Gasteiger partial charge < -0.3 is 0 Å². The quantitative estimate of drug-likeness (QED) is 0.610. The minimum absolute atomic E-state index is 0.138. The smallest absolute Gasteiger partial charge is 0.190 e. The third-order valence-electron chi connectivity index (χ3n) is 2.66. The molecule has 1 aromatic heterocycles. The maximum absolute atomic E-state index is 11.9. The zero-order valence-electron chi connectivity index (χ0n) is 10.4. The SMILES string of the molecule is Cc1cccc(C(=O)CC(=O)c2ccn(C)n2)c1. The van der Waals surface area contributed by atoms with E-state index in [1.54, 1.807) is 36.1 Å². The molecule has 0 unspecified atom stereocenters. The van der Waals surface area contributed by atoms with Crippen LogP contribution in [-0.2, 0) is 7.05 Å². The van der Waals surface area contributed by atoms with Crippen LogP contribution in [0.1, 0.15) is 32.8 Å². The van der Waals surface area contributed by atoms with Crippen molar-refractivity contribution in [3.63, 3.8) is 0 Å². The molecule has 0 spiro atoms. The van der Waals surface area contributed by atoms with Crippen LogP contribution in [-0.4, -0.2) is 21.3 Å². The highest BCUT2D eigenvalue weighted by Crippen LogP contribution is 2.09. The first-order chi connectivity index (χ1) is 8.56. The topological polar surface area (TPSA) is 52.0 Å². The lowest BCUT2D eigenvalue weighted by molar-refractivity contribution is 0.0891. The minimum Gasteiger partial charge on any atom is -0.294 e. The summed E-state index contributed by atoms with van der Waals surface area (Å²) in [5.74, 6) is -0.420. The van der Waals surface area contributed by atoms with Gasteiger partial charge in [-0.15, -0.1) is 0 Å². The second-order valence-electron chi connectivity index (χ2n) is 4.27. The molecule has 0 saturated heterocycles. The Morgan fingerprint density at radius 2 is 2.00 bits per heavy atom. The van der Waals surface area contributed by atoms with Gasteiger partial charge in [0.1, 0.15) is 5.69 Å². The van der Waals surface area contributed by atoms with Crippen molar-refractivity contribution in [3.8, 4) is 0 Å². The van der Waals surface area contributed by atoms with Gasteiger partial charge >= 0.3 is 0 Å². The number of hydrogen-bond acceptors (Lipinski definition) is 3. The van der Waals surface area contributed by atoms with Crippen LogP contribution in [0.4, 0.5) is 0 Å². The van der Waals surface area contributed by atoms with E-state index in [4.69, 9.17) is 0 Å². The number of nitrogens with zero attached hydrogens (tertiary/aromatic N) is 2. The summed E-state index contributed by atoms with van der Waals surface area (Å²) in [6.07, 6.45) is 1.55. The van der Waals surface area contributed by atoms with Crippen LogP contribution in [0.15, 0.2) is 36.5 Å². The van der Waals surface area contributed by atoms with E-state index in [0.29, 0.717) is 11.3 Å². The Morgan fingerprint density at radius 1 is 1.22 bits per heavy atom. The van der Waals surface area contributed by atoms with E-state index in [1.165, 1.54) is 0 Å². The van der Waals surface area contributed by atoms with Crippen molar-refractivity contribution in [2.24, 2.45) is 7.05 Å². The fourth-order valence-electron chi connectivity index (χ4n) is 1.72. The van der Waals surface area contributed by atoms with Gasteiger partial charge in [0.2, 0.25) is 0 Å². The first kappa shape index (κ1) is 12.2. The molecular weight excluding hydrogens is 228 g/mol. The predicted octanol–water partition coefficient (Wildman–Crippen LogP) is 2.18. The van der Waals surface area contributed by atoms with E-state index in [0.717, 1.165) is 5.56 Å². The summed E-state index contributed by atoms with van der Waals surface area (Å²) in [5.41, 5.74) is 1.91. The molecule has 0 saturated carbocycles. The molecule has 4 heteroatoms. The van der Waals surface area contributed by atoms with E-state index in [-0.39, 0.29) is 18.0 Å². The molecule has 1 heterocycles. The molecule has 1 aromatic carbocycles. The Labute approximate surface area is 105 Å². The van der Waals surface area contributed by atoms with E-state index in [1.807, 2.05) is 19.1 Å². The van der Waals surface area contributed by atoms with E-state index >= 15 is 0 Å². The van der Waals surface area contributed by atoms with Crippen LogP contribution < -0.4 is 0 Å². The van der Waals surface area contributed by atoms with Gasteiger partial charge in [0.05, 0.1) is 6.42 Å². The number of carbonyl (C=O) groups is 2. The summed E-state index contributed by atoms with van der Waals surface area (Å²) in [4.78, 5) is 23.8. The summed E-state index contributed by atoms with van der Waals surface area (Å²) in [6.45, 7) is 1.91. The molecule has 0 amide bonds. The number of aromatic nitrogens is 2. The largest absolute Gasteiger partial charge is 0.294 e. The van der Waals surface area contributed by atoms with Gasteiger partial charge in [0.15, 0.2) is 11.6 Å². The van der Waals surface area contributed by atoms with Crippen molar-refractivity contribution in [1.82, 2.24) is 9.78 Å². The van der Waals surface area contributed by atoms with Crippen LogP contribution in [0, 0.1) is 6.92 Å². The van der Waals surface area contributed by atoms with Gasteiger partial charge in [0.25, 0.3) is 0 Å². The van der Waals surface area contributed by atoms with Crippen molar-refractivity contribution in [3.05, 3.63) is 53.3 Å². The molecule has 2 rings (SSSR count). The molecule has 0 aliphatic carbocycles. The average Bonchev–Trinajstić information content (AvgIpc) is 2.76. The summed E-state index contributed by atoms with van der Waals surface area (Å²) in [5, 5.41) is 3.99. The lowest BCUT2D eigenvalue weighted by Crippen LogP contribution is -2.09. The summed E-state index contributed by atoms with van der Waals surface area (Å²) in [6, 6.07) is 8.85. The molecule has 92 valence electrons. The number of aryl methyl sites for hydroxylation is 2. The standard InChI is InChI=1S/C14H14N2O2/c1-10-4-3-5-11(8-10)13(17)9-14(18)12-6-7-16(2)15-12/h3-8H,9H2,1-2H3. The second kappa shape index (κ2) is 4.96. The molecule has 0 N–H and O–H groups in total. The highest BCUT2D eigenvalue weighted by Gasteiger charge is 2.15. The molecule has 4 nitrogen and oxygen atoms in total. The van der Waals surface area contributed by atoms with E-state index in [9.17, 15) is 9.59 Å². The van der Waals surface area contributed by atoms with Gasteiger partial charge in [-0.25, -0.2) is 0 Å². The summed E-state index contributed by atoms with van der Waals surface area (Å²) >= 11 is 0. The number of carbonyl (C=O) groups excluding carboxylic acids is 2. The van der Waals surface area contributed by atoms with Crippen LogP contribution >= 0.6 is 0 Å². The maximum atomic E-state index is 11.9. The average molecular weight is 242 g/mol. The fourth-order valence-corrected chi connectivity index (χ4v) is 1.72. The molecule has 0 fully saturated rings. The third kappa shape index (κ3) is 2.71. The van der Waals surface area contributed by atoms with Gasteiger partial charge in [0, 0.05) is 18.8 Å². The Balaban J connectivity index is 2.10. The summed E-state index contributed by atoms with van der Waals surface area (Å²) < 4.78 is 1.55. The predicted molar refractivity (Wildman–Crippen MR) is 67.7 cm³/mol. The van der Waals surface area contributed by atoms with Crippen molar-refractivity contribution >= 4 is 11.6 Å². The molecular formula is C14H14N2O2. The van der Waals surface area contributed by atoms with Crippen LogP contribution in [0.3, 0.4) is 0 Å². The third-order valence-corrected chi connectivity index (χ3v) is 2.66. The monoisotopic (exact) mass is 242 g/mol. The lowest BCUT2D eigenvalue weighted by atomic mass is 10.0. The molecule has 0 bridgehead atoms. The number of ketones is 2. The van der Waals surface area contributed by atoms with Crippen molar-refractivity contribution in [2.75, 3.05) is 0 Å². The van der Waals surface area contributed by atoms with Gasteiger partial charge in [-0.05, 0) is 19.1 Å². The fraction of sp³-hybridized carbons (Fsp3) is 0.214. The number of hydrogen-bond donors (Lipinski definition) is 0. The zero-order chi connectivity index (χ0) is 13.1. The lowest BCUT2D eigenvalue weighted by Gasteiger charge is -2.00. The molecule has 0 atom stereocenters. The van der Waals surface area contributed by atoms with Crippen molar-refractivity contribution in [2.45, 2.75) is 13.3 Å². The normalized spacial score (nSPS) is 10.3. The Morgan fingerprint density at radius 3 is 2.61 bits per heavy atom. The Bertz CT molecular complexity index is 599. The first-order valence-corrected chi connectivity index (χ1v) is 5.69. The minimum atomic E-state index is -0.248. The Kier molecular flexibility index (Phi) is 3.37. The second-order valence-corrected chi connectivity index (χ2v) is 4.27. The van der Waals surface area contributed by atoms with Crippen LogP contribution in [0.5, 0.6) is 0 Å². The van der Waals surface area contributed by atoms with Crippen LogP contribution in [0.2, 0.25) is 0 Å². The molecule has 0 aliphatic rings. The zero-order valence-corrected chi connectivity index (χ0v) is 10.4. The molecule has 0 aliphatic heterocycles. The van der Waals surface area contributed by atoms with Gasteiger partial charge in [-0.2, -0.15) is 5.10 Å². The molecule has 18 heavy (non-hydrogen) atoms. The highest BCUT2D eigenvalue weighted by atomic mass is 16.1. The Hall–Kier alpha value is -2.23. The first-order valence-electron chi connectivity index (χ1n) is 5.69. The van der Waals surface area contributed by atoms with Crippen molar-refractivity contribution in [1.29, 1.82) is 0 Å². The number of benzene rings is 1. The highest BCUT2D eigenvalue weighted by molar-refractivity contribution is 6.12. The van der Waals surface area contributed by atoms with Crippen molar-refractivity contribution < 1.29 is 9.59 Å². The number of rotatable bonds is 4. The number of Topliss-reactive ketones (excluding diaryl/α,β-unsaturated/α-hetero) is 2. The molecule has 2 aromatic rings. The maximum Gasteiger partial charge on any atom is 0.190 e. The van der Waals surface area contributed by atoms with Crippen LogP contribution in [0.25, 0.3) is 0 Å².